The molecule has 0 amide bonds. The van der Waals surface area contributed by atoms with Gasteiger partial charge < -0.3 is 15.0 Å². The lowest BCUT2D eigenvalue weighted by Crippen LogP contribution is -2.48. The predicted octanol–water partition coefficient (Wildman–Crippen LogP) is 2.63. The first-order chi connectivity index (χ1) is 13.2. The van der Waals surface area contributed by atoms with E-state index in [9.17, 15) is 4.79 Å². The molecule has 0 bridgehead atoms. The maximum atomic E-state index is 12.1. The zero-order valence-electron chi connectivity index (χ0n) is 16.1. The van der Waals surface area contributed by atoms with Gasteiger partial charge in [-0.1, -0.05) is 24.3 Å². The van der Waals surface area contributed by atoms with Gasteiger partial charge in [0, 0.05) is 38.3 Å². The van der Waals surface area contributed by atoms with E-state index in [1.165, 1.54) is 5.56 Å². The van der Waals surface area contributed by atoms with Crippen LogP contribution in [0.25, 0.3) is 10.9 Å². The van der Waals surface area contributed by atoms with Crippen molar-refractivity contribution in [1.29, 1.82) is 0 Å². The molecule has 0 radical (unpaired) electrons. The van der Waals surface area contributed by atoms with Gasteiger partial charge in [-0.15, -0.1) is 0 Å². The van der Waals surface area contributed by atoms with Gasteiger partial charge in [0.25, 0.3) is 0 Å². The molecule has 6 heteroatoms. The lowest BCUT2D eigenvalue weighted by Gasteiger charge is -2.34. The van der Waals surface area contributed by atoms with Crippen molar-refractivity contribution in [2.24, 2.45) is 10.9 Å². The molecular weight excluding hydrogens is 340 g/mol. The molecule has 1 unspecified atom stereocenters. The highest BCUT2D eigenvalue weighted by molar-refractivity contribution is 5.82. The molecule has 0 spiro atoms. The van der Waals surface area contributed by atoms with Crippen LogP contribution < -0.4 is 5.32 Å². The number of piperidine rings is 1. The molecule has 1 aromatic carbocycles. The minimum absolute atomic E-state index is 0.0699. The van der Waals surface area contributed by atoms with Crippen molar-refractivity contribution in [3.05, 3.63) is 42.1 Å². The molecule has 1 aliphatic heterocycles. The third-order valence-corrected chi connectivity index (χ3v) is 4.95. The van der Waals surface area contributed by atoms with E-state index in [2.05, 4.69) is 44.5 Å². The Bertz CT molecular complexity index is 800. The van der Waals surface area contributed by atoms with Crippen LogP contribution in [0.4, 0.5) is 0 Å². The fourth-order valence-corrected chi connectivity index (χ4v) is 3.63. The maximum absolute atomic E-state index is 12.1. The highest BCUT2D eigenvalue weighted by Crippen LogP contribution is 2.18. The molecule has 1 saturated heterocycles. The molecule has 1 aromatic heterocycles. The van der Waals surface area contributed by atoms with E-state index in [1.54, 1.807) is 7.05 Å². The first-order valence-corrected chi connectivity index (χ1v) is 9.67. The number of carbonyl (C=O) groups is 1. The average molecular weight is 368 g/mol. The minimum Gasteiger partial charge on any atom is -0.466 e. The van der Waals surface area contributed by atoms with Gasteiger partial charge in [-0.2, -0.15) is 0 Å². The number of aromatic nitrogens is 1. The first kappa shape index (κ1) is 19.1. The number of esters is 1. The summed E-state index contributed by atoms with van der Waals surface area (Å²) in [7, 11) is 1.79. The van der Waals surface area contributed by atoms with Gasteiger partial charge in [0.05, 0.1) is 18.0 Å². The fraction of sp³-hybridized carbons (Fsp3) is 0.476. The fourth-order valence-electron chi connectivity index (χ4n) is 3.63. The van der Waals surface area contributed by atoms with Crippen molar-refractivity contribution >= 4 is 22.8 Å². The second kappa shape index (κ2) is 9.35. The van der Waals surface area contributed by atoms with Crippen LogP contribution in [0.5, 0.6) is 0 Å². The van der Waals surface area contributed by atoms with Crippen LogP contribution >= 0.6 is 0 Å². The lowest BCUT2D eigenvalue weighted by molar-refractivity contribution is -0.149. The van der Waals surface area contributed by atoms with Crippen LogP contribution in [-0.4, -0.2) is 55.1 Å². The number of fused-ring (bicyclic) bond motifs is 1. The van der Waals surface area contributed by atoms with Crippen LogP contribution in [0, 0.1) is 5.92 Å². The van der Waals surface area contributed by atoms with E-state index in [4.69, 9.17) is 4.74 Å². The molecule has 144 valence electrons. The monoisotopic (exact) mass is 368 g/mol. The third-order valence-electron chi connectivity index (χ3n) is 4.95. The number of hydrogen-bond donors (Lipinski definition) is 1. The molecule has 27 heavy (non-hydrogen) atoms. The summed E-state index contributed by atoms with van der Waals surface area (Å²) >= 11 is 0. The first-order valence-electron chi connectivity index (χ1n) is 9.67. The number of carbonyl (C=O) groups excluding carboxylic acids is 1. The third kappa shape index (κ3) is 4.76. The van der Waals surface area contributed by atoms with Gasteiger partial charge >= 0.3 is 5.97 Å². The maximum Gasteiger partial charge on any atom is 0.310 e. The van der Waals surface area contributed by atoms with Crippen molar-refractivity contribution < 1.29 is 9.53 Å². The van der Waals surface area contributed by atoms with Gasteiger partial charge in [0.15, 0.2) is 5.96 Å². The number of aliphatic imine (C=N–C) groups is 1. The second-order valence-corrected chi connectivity index (χ2v) is 6.75. The zero-order chi connectivity index (χ0) is 19.1. The Hall–Kier alpha value is -2.63. The SMILES string of the molecule is CCOC(=O)C1CCCN(C(=NC)NCCc2cccc3cccnc23)C1. The topological polar surface area (TPSA) is 66.8 Å². The minimum atomic E-state index is -0.0977. The van der Waals surface area contributed by atoms with Crippen molar-refractivity contribution in [2.45, 2.75) is 26.2 Å². The van der Waals surface area contributed by atoms with Crippen LogP contribution in [0.15, 0.2) is 41.5 Å². The average Bonchev–Trinajstić information content (AvgIpc) is 2.71. The van der Waals surface area contributed by atoms with E-state index in [1.807, 2.05) is 19.2 Å². The molecule has 0 saturated carbocycles. The summed E-state index contributed by atoms with van der Waals surface area (Å²) in [5.74, 6) is 0.677. The summed E-state index contributed by atoms with van der Waals surface area (Å²) in [4.78, 5) is 23.1. The van der Waals surface area contributed by atoms with Crippen molar-refractivity contribution in [3.8, 4) is 0 Å². The zero-order valence-corrected chi connectivity index (χ0v) is 16.1. The van der Waals surface area contributed by atoms with Crippen LogP contribution in [-0.2, 0) is 16.0 Å². The second-order valence-electron chi connectivity index (χ2n) is 6.75. The number of guanidine groups is 1. The number of likely N-dealkylation sites (tertiary alicyclic amines) is 1. The number of benzene rings is 1. The summed E-state index contributed by atoms with van der Waals surface area (Å²) in [5, 5.41) is 4.60. The number of hydrogen-bond acceptors (Lipinski definition) is 4. The highest BCUT2D eigenvalue weighted by atomic mass is 16.5. The number of nitrogens with one attached hydrogen (secondary N) is 1. The molecule has 0 aliphatic carbocycles. The van der Waals surface area contributed by atoms with Crippen LogP contribution in [0.1, 0.15) is 25.3 Å². The smallest absolute Gasteiger partial charge is 0.310 e. The summed E-state index contributed by atoms with van der Waals surface area (Å²) in [6, 6.07) is 10.3. The Balaban J connectivity index is 1.58. The van der Waals surface area contributed by atoms with Gasteiger partial charge in [-0.3, -0.25) is 14.8 Å². The molecule has 3 rings (SSSR count). The summed E-state index contributed by atoms with van der Waals surface area (Å²) in [5.41, 5.74) is 2.27. The van der Waals surface area contributed by atoms with E-state index in [0.29, 0.717) is 13.2 Å². The highest BCUT2D eigenvalue weighted by Gasteiger charge is 2.28. The van der Waals surface area contributed by atoms with Gasteiger partial charge in [0.1, 0.15) is 0 Å². The van der Waals surface area contributed by atoms with E-state index >= 15 is 0 Å². The Kier molecular flexibility index (Phi) is 6.63. The normalized spacial score (nSPS) is 17.8. The number of para-hydroxylation sites is 1. The van der Waals surface area contributed by atoms with Crippen LogP contribution in [0.2, 0.25) is 0 Å². The predicted molar refractivity (Wildman–Crippen MR) is 108 cm³/mol. The number of pyridine rings is 1. The molecule has 2 aromatic rings. The van der Waals surface area contributed by atoms with Gasteiger partial charge in [-0.05, 0) is 37.8 Å². The quantitative estimate of drug-likeness (QED) is 0.499. The number of ether oxygens (including phenoxy) is 1. The molecular formula is C21H28N4O2. The molecule has 1 aliphatic rings. The van der Waals surface area contributed by atoms with Gasteiger partial charge in [-0.25, -0.2) is 0 Å². The summed E-state index contributed by atoms with van der Waals surface area (Å²) < 4.78 is 5.19. The Morgan fingerprint density at radius 3 is 3.04 bits per heavy atom. The Morgan fingerprint density at radius 1 is 1.37 bits per heavy atom. The van der Waals surface area contributed by atoms with E-state index in [-0.39, 0.29) is 11.9 Å². The van der Waals surface area contributed by atoms with Crippen molar-refractivity contribution in [1.82, 2.24) is 15.2 Å². The Morgan fingerprint density at radius 2 is 2.22 bits per heavy atom. The molecule has 1 atom stereocenters. The molecule has 6 nitrogen and oxygen atoms in total. The van der Waals surface area contributed by atoms with E-state index in [0.717, 1.165) is 49.2 Å². The standard InChI is InChI=1S/C21H28N4O2/c1-3-27-20(26)18-10-6-14-25(15-18)21(22-2)24-13-11-17-8-4-7-16-9-5-12-23-19(16)17/h4-5,7-9,12,18H,3,6,10-11,13-15H2,1-2H3,(H,22,24). The molecule has 1 N–H and O–H groups in total. The summed E-state index contributed by atoms with van der Waals surface area (Å²) in [6.45, 7) is 4.62. The number of rotatable bonds is 5. The largest absolute Gasteiger partial charge is 0.466 e. The molecule has 1 fully saturated rings. The van der Waals surface area contributed by atoms with Crippen molar-refractivity contribution in [2.75, 3.05) is 33.3 Å². The lowest BCUT2D eigenvalue weighted by atomic mass is 9.98. The van der Waals surface area contributed by atoms with Crippen molar-refractivity contribution in [3.63, 3.8) is 0 Å². The summed E-state index contributed by atoms with van der Waals surface area (Å²) in [6.07, 6.45) is 4.55. The van der Waals surface area contributed by atoms with Crippen LogP contribution in [0.3, 0.4) is 0 Å². The molecule has 2 heterocycles. The Labute approximate surface area is 160 Å². The van der Waals surface area contributed by atoms with E-state index < -0.39 is 0 Å². The van der Waals surface area contributed by atoms with Gasteiger partial charge in [0.2, 0.25) is 0 Å². The number of nitrogens with zero attached hydrogens (tertiary/aromatic N) is 3.